The first-order valence-corrected chi connectivity index (χ1v) is 7.29. The molecule has 1 saturated heterocycles. The summed E-state index contributed by atoms with van der Waals surface area (Å²) in [5.41, 5.74) is 0. The third-order valence-electron chi connectivity index (χ3n) is 3.87. The predicted molar refractivity (Wildman–Crippen MR) is 69.3 cm³/mol. The number of carbonyl (C=O) groups is 1. The van der Waals surface area contributed by atoms with Crippen molar-refractivity contribution in [3.63, 3.8) is 0 Å². The molecule has 1 aliphatic heterocycles. The Morgan fingerprint density at radius 3 is 2.83 bits per heavy atom. The zero-order valence-corrected chi connectivity index (χ0v) is 11.2. The van der Waals surface area contributed by atoms with Crippen LogP contribution in [0, 0.1) is 11.8 Å². The van der Waals surface area contributed by atoms with E-state index in [1.807, 2.05) is 0 Å². The third-order valence-corrected chi connectivity index (χ3v) is 3.87. The van der Waals surface area contributed by atoms with Gasteiger partial charge >= 0.3 is 0 Å². The minimum absolute atomic E-state index is 0.247. The van der Waals surface area contributed by atoms with Crippen LogP contribution in [0.25, 0.3) is 0 Å². The van der Waals surface area contributed by atoms with Crippen LogP contribution in [0.5, 0.6) is 0 Å². The van der Waals surface area contributed by atoms with Crippen LogP contribution in [-0.2, 0) is 14.3 Å². The average Bonchev–Trinajstić information content (AvgIpc) is 3.05. The van der Waals surface area contributed by atoms with Gasteiger partial charge in [-0.2, -0.15) is 0 Å². The second-order valence-electron chi connectivity index (χ2n) is 5.43. The second-order valence-corrected chi connectivity index (χ2v) is 5.43. The third kappa shape index (κ3) is 4.58. The summed E-state index contributed by atoms with van der Waals surface area (Å²) in [4.78, 5) is 11.7. The first-order chi connectivity index (χ1) is 8.86. The van der Waals surface area contributed by atoms with E-state index in [0.29, 0.717) is 5.92 Å². The summed E-state index contributed by atoms with van der Waals surface area (Å²) in [7, 11) is 0. The number of rotatable bonds is 7. The van der Waals surface area contributed by atoms with Crippen molar-refractivity contribution in [2.75, 3.05) is 33.0 Å². The van der Waals surface area contributed by atoms with Gasteiger partial charge in [-0.3, -0.25) is 4.79 Å². The highest BCUT2D eigenvalue weighted by Gasteiger charge is 2.21. The minimum atomic E-state index is 0.247. The summed E-state index contributed by atoms with van der Waals surface area (Å²) in [5, 5.41) is 3.01. The van der Waals surface area contributed by atoms with Crippen molar-refractivity contribution >= 4 is 5.91 Å². The van der Waals surface area contributed by atoms with E-state index in [9.17, 15) is 4.79 Å². The zero-order valence-electron chi connectivity index (χ0n) is 11.2. The van der Waals surface area contributed by atoms with E-state index in [1.54, 1.807) is 0 Å². The van der Waals surface area contributed by atoms with Crippen molar-refractivity contribution in [1.29, 1.82) is 0 Å². The molecule has 0 aromatic carbocycles. The Morgan fingerprint density at radius 2 is 2.11 bits per heavy atom. The maximum atomic E-state index is 11.7. The Hall–Kier alpha value is -0.610. The van der Waals surface area contributed by atoms with E-state index in [1.165, 1.54) is 12.8 Å². The fourth-order valence-electron chi connectivity index (χ4n) is 2.68. The first-order valence-electron chi connectivity index (χ1n) is 7.29. The Balaban J connectivity index is 1.42. The van der Waals surface area contributed by atoms with E-state index >= 15 is 0 Å². The van der Waals surface area contributed by atoms with E-state index in [-0.39, 0.29) is 11.8 Å². The van der Waals surface area contributed by atoms with Gasteiger partial charge in [0.15, 0.2) is 0 Å². The number of ether oxygens (including phenoxy) is 2. The molecule has 1 heterocycles. The van der Waals surface area contributed by atoms with Crippen molar-refractivity contribution in [3.8, 4) is 0 Å². The largest absolute Gasteiger partial charge is 0.381 e. The van der Waals surface area contributed by atoms with Crippen molar-refractivity contribution in [1.82, 2.24) is 5.32 Å². The molecule has 1 amide bonds. The number of hydrogen-bond acceptors (Lipinski definition) is 3. The molecule has 2 aliphatic rings. The summed E-state index contributed by atoms with van der Waals surface area (Å²) in [6.45, 7) is 4.01. The molecule has 0 aromatic rings. The van der Waals surface area contributed by atoms with Crippen LogP contribution in [0.2, 0.25) is 0 Å². The van der Waals surface area contributed by atoms with E-state index in [0.717, 1.165) is 58.7 Å². The van der Waals surface area contributed by atoms with Crippen molar-refractivity contribution < 1.29 is 14.3 Å². The summed E-state index contributed by atoms with van der Waals surface area (Å²) < 4.78 is 10.9. The predicted octanol–water partition coefficient (Wildman–Crippen LogP) is 1.74. The van der Waals surface area contributed by atoms with Gasteiger partial charge in [0.25, 0.3) is 0 Å². The van der Waals surface area contributed by atoms with Crippen LogP contribution in [0.15, 0.2) is 0 Å². The SMILES string of the molecule is O=C(NCCCOCC1CCOC1)C1CCCC1. The number of carbonyl (C=O) groups excluding carboxylic acids is 1. The van der Waals surface area contributed by atoms with Crippen LogP contribution in [0.4, 0.5) is 0 Å². The summed E-state index contributed by atoms with van der Waals surface area (Å²) in [6.07, 6.45) is 6.60. The van der Waals surface area contributed by atoms with Crippen LogP contribution in [0.3, 0.4) is 0 Å². The molecule has 2 fully saturated rings. The topological polar surface area (TPSA) is 47.6 Å². The normalized spacial score (nSPS) is 24.6. The quantitative estimate of drug-likeness (QED) is 0.705. The first kappa shape index (κ1) is 13.8. The van der Waals surface area contributed by atoms with Gasteiger partial charge in [-0.15, -0.1) is 0 Å². The van der Waals surface area contributed by atoms with Gasteiger partial charge < -0.3 is 14.8 Å². The average molecular weight is 255 g/mol. The summed E-state index contributed by atoms with van der Waals surface area (Å²) in [5.74, 6) is 1.11. The molecule has 1 N–H and O–H groups in total. The highest BCUT2D eigenvalue weighted by atomic mass is 16.5. The summed E-state index contributed by atoms with van der Waals surface area (Å²) >= 11 is 0. The maximum Gasteiger partial charge on any atom is 0.223 e. The van der Waals surface area contributed by atoms with Gasteiger partial charge in [0.2, 0.25) is 5.91 Å². The highest BCUT2D eigenvalue weighted by molar-refractivity contribution is 5.78. The molecule has 1 aliphatic carbocycles. The molecule has 18 heavy (non-hydrogen) atoms. The van der Waals surface area contributed by atoms with Crippen molar-refractivity contribution in [3.05, 3.63) is 0 Å². The molecule has 1 unspecified atom stereocenters. The lowest BCUT2D eigenvalue weighted by Gasteiger charge is -2.11. The van der Waals surface area contributed by atoms with E-state index in [2.05, 4.69) is 5.32 Å². The van der Waals surface area contributed by atoms with Gasteiger partial charge in [0.1, 0.15) is 0 Å². The summed E-state index contributed by atoms with van der Waals surface area (Å²) in [6, 6.07) is 0. The molecular formula is C14H25NO3. The zero-order chi connectivity index (χ0) is 12.6. The molecule has 1 atom stereocenters. The molecule has 0 spiro atoms. The Bertz CT molecular complexity index is 245. The monoisotopic (exact) mass is 255 g/mol. The standard InChI is InChI=1S/C14H25NO3/c16-14(13-4-1-2-5-13)15-7-3-8-17-10-12-6-9-18-11-12/h12-13H,1-11H2,(H,15,16). The van der Waals surface area contributed by atoms with Gasteiger partial charge in [0.05, 0.1) is 13.2 Å². The van der Waals surface area contributed by atoms with E-state index in [4.69, 9.17) is 9.47 Å². The number of amides is 1. The lowest BCUT2D eigenvalue weighted by molar-refractivity contribution is -0.124. The number of nitrogens with one attached hydrogen (secondary N) is 1. The molecule has 0 aromatic heterocycles. The molecular weight excluding hydrogens is 230 g/mol. The van der Waals surface area contributed by atoms with Crippen LogP contribution in [-0.4, -0.2) is 38.9 Å². The van der Waals surface area contributed by atoms with E-state index < -0.39 is 0 Å². The second kappa shape index (κ2) is 7.74. The fourth-order valence-corrected chi connectivity index (χ4v) is 2.68. The van der Waals surface area contributed by atoms with Crippen LogP contribution in [0.1, 0.15) is 38.5 Å². The Morgan fingerprint density at radius 1 is 1.28 bits per heavy atom. The number of hydrogen-bond donors (Lipinski definition) is 1. The van der Waals surface area contributed by atoms with Crippen LogP contribution < -0.4 is 5.32 Å². The maximum absolute atomic E-state index is 11.7. The van der Waals surface area contributed by atoms with Gasteiger partial charge in [0, 0.05) is 31.6 Å². The van der Waals surface area contributed by atoms with Gasteiger partial charge in [-0.25, -0.2) is 0 Å². The fraction of sp³-hybridized carbons (Fsp3) is 0.929. The molecule has 104 valence electrons. The molecule has 0 radical (unpaired) electrons. The molecule has 0 bridgehead atoms. The Labute approximate surface area is 109 Å². The van der Waals surface area contributed by atoms with Gasteiger partial charge in [-0.1, -0.05) is 12.8 Å². The van der Waals surface area contributed by atoms with Crippen molar-refractivity contribution in [2.45, 2.75) is 38.5 Å². The highest BCUT2D eigenvalue weighted by Crippen LogP contribution is 2.24. The lowest BCUT2D eigenvalue weighted by Crippen LogP contribution is -2.30. The molecule has 2 rings (SSSR count). The molecule has 4 heteroatoms. The lowest BCUT2D eigenvalue weighted by atomic mass is 10.1. The minimum Gasteiger partial charge on any atom is -0.381 e. The van der Waals surface area contributed by atoms with Crippen LogP contribution >= 0.6 is 0 Å². The van der Waals surface area contributed by atoms with Gasteiger partial charge in [-0.05, 0) is 25.7 Å². The molecule has 4 nitrogen and oxygen atoms in total. The Kier molecular flexibility index (Phi) is 5.94. The smallest absolute Gasteiger partial charge is 0.223 e. The molecule has 1 saturated carbocycles. The van der Waals surface area contributed by atoms with Crippen molar-refractivity contribution in [2.24, 2.45) is 11.8 Å².